The van der Waals surface area contributed by atoms with Gasteiger partial charge in [0, 0.05) is 6.04 Å². The average molecular weight is 415 g/mol. The maximum absolute atomic E-state index is 13.0. The van der Waals surface area contributed by atoms with Gasteiger partial charge in [0.2, 0.25) is 0 Å². The first-order valence-corrected chi connectivity index (χ1v) is 10.4. The van der Waals surface area contributed by atoms with E-state index in [1.54, 1.807) is 22.2 Å². The Hall–Kier alpha value is -2.74. The second-order valence-corrected chi connectivity index (χ2v) is 8.31. The van der Waals surface area contributed by atoms with E-state index in [2.05, 4.69) is 16.2 Å². The normalized spacial score (nSPS) is 12.2. The molecule has 0 aliphatic heterocycles. The summed E-state index contributed by atoms with van der Waals surface area (Å²) in [7, 11) is 0. The topological polar surface area (TPSA) is 78.5 Å². The van der Waals surface area contributed by atoms with Gasteiger partial charge in [0.15, 0.2) is 4.80 Å². The van der Waals surface area contributed by atoms with Crippen molar-refractivity contribution in [2.24, 2.45) is 4.99 Å². The highest BCUT2D eigenvalue weighted by molar-refractivity contribution is 7.16. The van der Waals surface area contributed by atoms with E-state index in [1.165, 1.54) is 11.3 Å². The lowest BCUT2D eigenvalue weighted by Crippen LogP contribution is -2.23. The molecular weight excluding hydrogens is 388 g/mol. The van der Waals surface area contributed by atoms with Crippen molar-refractivity contribution < 1.29 is 14.3 Å². The second-order valence-electron chi connectivity index (χ2n) is 7.33. The molecule has 2 aromatic heterocycles. The minimum Gasteiger partial charge on any atom is -0.465 e. The standard InChI is InChI=1S/C21H26N4O3S/c1-7-28-18(26)11-24-16-9-13(4)8-14(5)19(16)29-21(24)22-20(27)17-10-15(6)23-25(17)12(2)3/h8-10,12H,7,11H2,1-6H3. The summed E-state index contributed by atoms with van der Waals surface area (Å²) in [6.45, 7) is 11.9. The minimum atomic E-state index is -0.377. The zero-order valence-electron chi connectivity index (χ0n) is 17.6. The van der Waals surface area contributed by atoms with Gasteiger partial charge in [-0.05, 0) is 64.8 Å². The van der Waals surface area contributed by atoms with Crippen LogP contribution in [0.2, 0.25) is 0 Å². The van der Waals surface area contributed by atoms with Crippen LogP contribution in [-0.4, -0.2) is 32.8 Å². The van der Waals surface area contributed by atoms with Gasteiger partial charge >= 0.3 is 5.97 Å². The Bertz CT molecular complexity index is 1150. The second kappa shape index (κ2) is 8.32. The van der Waals surface area contributed by atoms with Gasteiger partial charge in [0.05, 0.1) is 22.5 Å². The van der Waals surface area contributed by atoms with E-state index in [9.17, 15) is 9.59 Å². The Morgan fingerprint density at radius 1 is 1.21 bits per heavy atom. The number of thiazole rings is 1. The quantitative estimate of drug-likeness (QED) is 0.596. The number of rotatable bonds is 5. The maximum atomic E-state index is 13.0. The van der Waals surface area contributed by atoms with E-state index in [-0.39, 0.29) is 24.5 Å². The molecule has 0 bridgehead atoms. The minimum absolute atomic E-state index is 0.00527. The molecule has 154 valence electrons. The number of carbonyl (C=O) groups is 2. The van der Waals surface area contributed by atoms with Gasteiger partial charge < -0.3 is 9.30 Å². The third kappa shape index (κ3) is 4.32. The van der Waals surface area contributed by atoms with Crippen LogP contribution < -0.4 is 4.80 Å². The van der Waals surface area contributed by atoms with E-state index in [1.807, 2.05) is 40.7 Å². The maximum Gasteiger partial charge on any atom is 0.326 e. The molecule has 0 unspecified atom stereocenters. The number of benzene rings is 1. The number of ether oxygens (including phenoxy) is 1. The molecule has 0 fully saturated rings. The van der Waals surface area contributed by atoms with Crippen LogP contribution in [0.15, 0.2) is 23.2 Å². The SMILES string of the molecule is CCOC(=O)Cn1c(=NC(=O)c2cc(C)nn2C(C)C)sc2c(C)cc(C)cc21. The zero-order valence-corrected chi connectivity index (χ0v) is 18.5. The number of hydrogen-bond acceptors (Lipinski definition) is 5. The van der Waals surface area contributed by atoms with Crippen LogP contribution >= 0.6 is 11.3 Å². The third-order valence-corrected chi connectivity index (χ3v) is 5.70. The summed E-state index contributed by atoms with van der Waals surface area (Å²) in [4.78, 5) is 30.0. The van der Waals surface area contributed by atoms with Gasteiger partial charge in [-0.2, -0.15) is 10.1 Å². The third-order valence-electron chi connectivity index (χ3n) is 4.47. The summed E-state index contributed by atoms with van der Waals surface area (Å²) in [5, 5.41) is 4.39. The lowest BCUT2D eigenvalue weighted by Gasteiger charge is -2.08. The predicted octanol–water partition coefficient (Wildman–Crippen LogP) is 3.71. The Morgan fingerprint density at radius 3 is 2.59 bits per heavy atom. The molecule has 1 amide bonds. The van der Waals surface area contributed by atoms with E-state index in [4.69, 9.17) is 4.74 Å². The summed E-state index contributed by atoms with van der Waals surface area (Å²) in [5.74, 6) is -0.735. The number of nitrogens with zero attached hydrogens (tertiary/aromatic N) is 4. The van der Waals surface area contributed by atoms with Crippen molar-refractivity contribution >= 4 is 33.4 Å². The zero-order chi connectivity index (χ0) is 21.3. The number of aryl methyl sites for hydroxylation is 3. The lowest BCUT2D eigenvalue weighted by atomic mass is 10.1. The molecule has 3 rings (SSSR count). The fraction of sp³-hybridized carbons (Fsp3) is 0.429. The molecule has 7 nitrogen and oxygen atoms in total. The van der Waals surface area contributed by atoms with Crippen molar-refractivity contribution in [3.63, 3.8) is 0 Å². The molecule has 0 radical (unpaired) electrons. The monoisotopic (exact) mass is 414 g/mol. The Morgan fingerprint density at radius 2 is 1.93 bits per heavy atom. The smallest absolute Gasteiger partial charge is 0.326 e. The van der Waals surface area contributed by atoms with Gasteiger partial charge in [-0.1, -0.05) is 17.4 Å². The van der Waals surface area contributed by atoms with E-state index in [0.29, 0.717) is 17.1 Å². The molecule has 1 aromatic carbocycles. The van der Waals surface area contributed by atoms with Crippen LogP contribution in [0, 0.1) is 20.8 Å². The average Bonchev–Trinajstić information content (AvgIpc) is 3.17. The Balaban J connectivity index is 2.18. The van der Waals surface area contributed by atoms with Gasteiger partial charge in [-0.25, -0.2) is 0 Å². The largest absolute Gasteiger partial charge is 0.465 e. The van der Waals surface area contributed by atoms with Crippen molar-refractivity contribution in [3.8, 4) is 0 Å². The summed E-state index contributed by atoms with van der Waals surface area (Å²) in [6, 6.07) is 5.86. The summed E-state index contributed by atoms with van der Waals surface area (Å²) < 4.78 is 9.57. The van der Waals surface area contributed by atoms with Crippen molar-refractivity contribution in [1.82, 2.24) is 14.3 Å². The van der Waals surface area contributed by atoms with E-state index >= 15 is 0 Å². The summed E-state index contributed by atoms with van der Waals surface area (Å²) >= 11 is 1.40. The van der Waals surface area contributed by atoms with Crippen molar-refractivity contribution in [2.75, 3.05) is 6.61 Å². The van der Waals surface area contributed by atoms with Crippen molar-refractivity contribution in [1.29, 1.82) is 0 Å². The van der Waals surface area contributed by atoms with Gasteiger partial charge in [-0.15, -0.1) is 0 Å². The van der Waals surface area contributed by atoms with Crippen LogP contribution in [-0.2, 0) is 16.1 Å². The van der Waals surface area contributed by atoms with Gasteiger partial charge in [-0.3, -0.25) is 14.3 Å². The molecule has 0 aliphatic carbocycles. The number of esters is 1. The lowest BCUT2D eigenvalue weighted by molar-refractivity contribution is -0.143. The van der Waals surface area contributed by atoms with Crippen LogP contribution in [0.3, 0.4) is 0 Å². The number of carbonyl (C=O) groups excluding carboxylic acids is 2. The molecule has 0 saturated carbocycles. The number of amides is 1. The number of fused-ring (bicyclic) bond motifs is 1. The Kier molecular flexibility index (Phi) is 6.02. The van der Waals surface area contributed by atoms with E-state index in [0.717, 1.165) is 27.0 Å². The van der Waals surface area contributed by atoms with Crippen LogP contribution in [0.1, 0.15) is 54.1 Å². The van der Waals surface area contributed by atoms with Gasteiger partial charge in [0.25, 0.3) is 5.91 Å². The van der Waals surface area contributed by atoms with Crippen molar-refractivity contribution in [2.45, 2.75) is 54.1 Å². The molecule has 0 aliphatic rings. The molecule has 0 atom stereocenters. The molecule has 29 heavy (non-hydrogen) atoms. The predicted molar refractivity (Wildman–Crippen MR) is 113 cm³/mol. The number of hydrogen-bond donors (Lipinski definition) is 0. The van der Waals surface area contributed by atoms with Crippen LogP contribution in [0.25, 0.3) is 10.2 Å². The first kappa shape index (κ1) is 21.0. The van der Waals surface area contributed by atoms with Gasteiger partial charge in [0.1, 0.15) is 12.2 Å². The summed E-state index contributed by atoms with van der Waals surface area (Å²) in [5.41, 5.74) is 4.24. The molecular formula is C21H26N4O3S. The van der Waals surface area contributed by atoms with Crippen LogP contribution in [0.5, 0.6) is 0 Å². The molecule has 0 N–H and O–H groups in total. The fourth-order valence-electron chi connectivity index (χ4n) is 3.30. The molecule has 8 heteroatoms. The fourth-order valence-corrected chi connectivity index (χ4v) is 4.38. The highest BCUT2D eigenvalue weighted by atomic mass is 32.1. The molecule has 3 aromatic rings. The highest BCUT2D eigenvalue weighted by Crippen LogP contribution is 2.24. The van der Waals surface area contributed by atoms with E-state index < -0.39 is 0 Å². The number of aromatic nitrogens is 3. The molecule has 0 spiro atoms. The molecule has 2 heterocycles. The van der Waals surface area contributed by atoms with Crippen LogP contribution in [0.4, 0.5) is 0 Å². The first-order chi connectivity index (χ1) is 13.7. The Labute approximate surface area is 173 Å². The van der Waals surface area contributed by atoms with Crippen molar-refractivity contribution in [3.05, 3.63) is 45.5 Å². The highest BCUT2D eigenvalue weighted by Gasteiger charge is 2.18. The molecule has 0 saturated heterocycles. The summed E-state index contributed by atoms with van der Waals surface area (Å²) in [6.07, 6.45) is 0. The first-order valence-electron chi connectivity index (χ1n) is 9.62.